The molecule has 4 nitrogen and oxygen atoms in total. The molecule has 2 amide bonds. The molecule has 26 heavy (non-hydrogen) atoms. The van der Waals surface area contributed by atoms with E-state index in [9.17, 15) is 9.18 Å². The number of hydrogen-bond donors (Lipinski definition) is 2. The molecule has 0 aliphatic rings. The van der Waals surface area contributed by atoms with Crippen LogP contribution in [0.2, 0.25) is 0 Å². The van der Waals surface area contributed by atoms with Gasteiger partial charge in [-0.1, -0.05) is 48.5 Å². The summed E-state index contributed by atoms with van der Waals surface area (Å²) in [5.74, 6) is -0.223. The fourth-order valence-electron chi connectivity index (χ4n) is 2.77. The minimum absolute atomic E-state index is 0.209. The van der Waals surface area contributed by atoms with Crippen LogP contribution in [0.25, 0.3) is 0 Å². The summed E-state index contributed by atoms with van der Waals surface area (Å²) in [7, 11) is 0. The van der Waals surface area contributed by atoms with Crippen molar-refractivity contribution in [1.29, 1.82) is 0 Å². The van der Waals surface area contributed by atoms with Crippen LogP contribution in [-0.2, 0) is 19.5 Å². The Morgan fingerprint density at radius 3 is 2.50 bits per heavy atom. The van der Waals surface area contributed by atoms with Crippen LogP contribution in [0.5, 0.6) is 0 Å². The van der Waals surface area contributed by atoms with Gasteiger partial charge in [0.2, 0.25) is 0 Å². The number of benzene rings is 2. The molecule has 2 N–H and O–H groups in total. The van der Waals surface area contributed by atoms with Gasteiger partial charge >= 0.3 is 6.03 Å². The van der Waals surface area contributed by atoms with Crippen molar-refractivity contribution in [2.45, 2.75) is 19.5 Å². The summed E-state index contributed by atoms with van der Waals surface area (Å²) in [5, 5.41) is 5.70. The average Bonchev–Trinajstić information content (AvgIpc) is 3.10. The molecule has 0 saturated heterocycles. The maximum absolute atomic E-state index is 13.8. The summed E-state index contributed by atoms with van der Waals surface area (Å²) in [4.78, 5) is 12.0. The van der Waals surface area contributed by atoms with E-state index >= 15 is 0 Å². The molecule has 1 heterocycles. The van der Waals surface area contributed by atoms with Crippen LogP contribution in [0.15, 0.2) is 72.9 Å². The smallest absolute Gasteiger partial charge is 0.315 e. The fourth-order valence-corrected chi connectivity index (χ4v) is 2.77. The van der Waals surface area contributed by atoms with Crippen molar-refractivity contribution >= 4 is 6.03 Å². The molecular formula is C21H22FN3O. The molecule has 0 unspecified atom stereocenters. The maximum Gasteiger partial charge on any atom is 0.315 e. The highest BCUT2D eigenvalue weighted by Gasteiger charge is 2.07. The summed E-state index contributed by atoms with van der Waals surface area (Å²) in [6, 6.07) is 20.3. The maximum atomic E-state index is 13.8. The van der Waals surface area contributed by atoms with Gasteiger partial charge in [0.1, 0.15) is 5.82 Å². The van der Waals surface area contributed by atoms with Gasteiger partial charge in [0, 0.05) is 24.0 Å². The molecule has 3 aromatic rings. The van der Waals surface area contributed by atoms with Gasteiger partial charge in [0.15, 0.2) is 0 Å². The van der Waals surface area contributed by atoms with Crippen molar-refractivity contribution in [1.82, 2.24) is 15.2 Å². The number of aromatic nitrogens is 1. The molecule has 2 aromatic carbocycles. The van der Waals surface area contributed by atoms with E-state index < -0.39 is 0 Å². The van der Waals surface area contributed by atoms with Gasteiger partial charge in [-0.05, 0) is 30.2 Å². The minimum Gasteiger partial charge on any atom is -0.345 e. The Bertz CT molecular complexity index is 845. The zero-order chi connectivity index (χ0) is 18.2. The zero-order valence-corrected chi connectivity index (χ0v) is 14.5. The first-order valence-electron chi connectivity index (χ1n) is 8.65. The molecule has 0 atom stereocenters. The van der Waals surface area contributed by atoms with Crippen LogP contribution in [0, 0.1) is 5.82 Å². The third-order valence-electron chi connectivity index (χ3n) is 4.19. The molecule has 0 fully saturated rings. The number of nitrogens with one attached hydrogen (secondary N) is 2. The van der Waals surface area contributed by atoms with E-state index in [0.29, 0.717) is 25.2 Å². The molecule has 5 heteroatoms. The molecular weight excluding hydrogens is 329 g/mol. The van der Waals surface area contributed by atoms with Gasteiger partial charge in [0.05, 0.1) is 13.1 Å². The van der Waals surface area contributed by atoms with Crippen LogP contribution in [0.4, 0.5) is 9.18 Å². The summed E-state index contributed by atoms with van der Waals surface area (Å²) < 4.78 is 15.7. The van der Waals surface area contributed by atoms with E-state index in [4.69, 9.17) is 0 Å². The van der Waals surface area contributed by atoms with Crippen molar-refractivity contribution < 1.29 is 9.18 Å². The van der Waals surface area contributed by atoms with Gasteiger partial charge in [0.25, 0.3) is 0 Å². The first-order chi connectivity index (χ1) is 12.7. The molecule has 0 saturated carbocycles. The average molecular weight is 351 g/mol. The molecule has 0 aliphatic heterocycles. The number of nitrogens with zero attached hydrogens (tertiary/aromatic N) is 1. The van der Waals surface area contributed by atoms with E-state index in [2.05, 4.69) is 10.6 Å². The third-order valence-corrected chi connectivity index (χ3v) is 4.19. The third kappa shape index (κ3) is 4.96. The van der Waals surface area contributed by atoms with Crippen molar-refractivity contribution in [3.8, 4) is 0 Å². The molecule has 0 bridgehead atoms. The summed E-state index contributed by atoms with van der Waals surface area (Å²) >= 11 is 0. The second-order valence-corrected chi connectivity index (χ2v) is 6.06. The molecule has 3 rings (SSSR count). The highest BCUT2D eigenvalue weighted by atomic mass is 19.1. The highest BCUT2D eigenvalue weighted by molar-refractivity contribution is 5.73. The monoisotopic (exact) mass is 351 g/mol. The van der Waals surface area contributed by atoms with Crippen molar-refractivity contribution in [2.24, 2.45) is 0 Å². The Labute approximate surface area is 152 Å². The molecule has 134 valence electrons. The van der Waals surface area contributed by atoms with Crippen LogP contribution in [0.3, 0.4) is 0 Å². The number of amides is 2. The van der Waals surface area contributed by atoms with E-state index in [-0.39, 0.29) is 11.8 Å². The van der Waals surface area contributed by atoms with Gasteiger partial charge in [-0.3, -0.25) is 0 Å². The first kappa shape index (κ1) is 17.7. The summed E-state index contributed by atoms with van der Waals surface area (Å²) in [6.07, 6.45) is 2.68. The van der Waals surface area contributed by atoms with Gasteiger partial charge < -0.3 is 15.2 Å². The number of carbonyl (C=O) groups excluding carboxylic acids is 1. The molecule has 0 aliphatic carbocycles. The normalized spacial score (nSPS) is 10.5. The van der Waals surface area contributed by atoms with Gasteiger partial charge in [-0.2, -0.15) is 0 Å². The van der Waals surface area contributed by atoms with Crippen LogP contribution in [-0.4, -0.2) is 17.1 Å². The predicted molar refractivity (Wildman–Crippen MR) is 100 cm³/mol. The summed E-state index contributed by atoms with van der Waals surface area (Å²) in [5.41, 5.74) is 2.73. The zero-order valence-electron chi connectivity index (χ0n) is 14.5. The van der Waals surface area contributed by atoms with Crippen molar-refractivity contribution in [3.05, 3.63) is 95.6 Å². The van der Waals surface area contributed by atoms with Gasteiger partial charge in [-0.25, -0.2) is 9.18 Å². The topological polar surface area (TPSA) is 46.1 Å². The Balaban J connectivity index is 1.47. The predicted octanol–water partition coefficient (Wildman–Crippen LogP) is 3.72. The van der Waals surface area contributed by atoms with E-state index in [0.717, 1.165) is 12.1 Å². The first-order valence-corrected chi connectivity index (χ1v) is 8.65. The quantitative estimate of drug-likeness (QED) is 0.670. The molecule has 0 spiro atoms. The second-order valence-electron chi connectivity index (χ2n) is 6.06. The lowest BCUT2D eigenvalue weighted by Gasteiger charge is -2.12. The number of rotatable bonds is 7. The Hall–Kier alpha value is -3.08. The number of carbonyl (C=O) groups is 1. The molecule has 0 radical (unpaired) electrons. The lowest BCUT2D eigenvalue weighted by atomic mass is 10.1. The van der Waals surface area contributed by atoms with E-state index in [1.165, 1.54) is 11.6 Å². The Morgan fingerprint density at radius 2 is 1.69 bits per heavy atom. The standard InChI is InChI=1S/C21H22FN3O/c22-20-11-5-4-9-18(20)16-25-14-6-10-19(25)15-24-21(26)23-13-12-17-7-2-1-3-8-17/h1-11,14H,12-13,15-16H2,(H2,23,24,26). The number of halogens is 1. The van der Waals surface area contributed by atoms with E-state index in [1.54, 1.807) is 12.1 Å². The minimum atomic E-state index is -0.223. The van der Waals surface area contributed by atoms with Crippen molar-refractivity contribution in [3.63, 3.8) is 0 Å². The Morgan fingerprint density at radius 1 is 0.923 bits per heavy atom. The number of hydrogen-bond acceptors (Lipinski definition) is 1. The van der Waals surface area contributed by atoms with Crippen LogP contribution >= 0.6 is 0 Å². The largest absolute Gasteiger partial charge is 0.345 e. The fraction of sp³-hybridized carbons (Fsp3) is 0.190. The lowest BCUT2D eigenvalue weighted by molar-refractivity contribution is 0.240. The molecule has 1 aromatic heterocycles. The van der Waals surface area contributed by atoms with Crippen LogP contribution in [0.1, 0.15) is 16.8 Å². The van der Waals surface area contributed by atoms with E-state index in [1.807, 2.05) is 59.3 Å². The number of urea groups is 1. The SMILES string of the molecule is O=C(NCCc1ccccc1)NCc1cccn1Cc1ccccc1F. The van der Waals surface area contributed by atoms with Crippen LogP contribution < -0.4 is 10.6 Å². The highest BCUT2D eigenvalue weighted by Crippen LogP contribution is 2.11. The second kappa shape index (κ2) is 8.85. The Kier molecular flexibility index (Phi) is 6.04. The summed E-state index contributed by atoms with van der Waals surface area (Å²) in [6.45, 7) is 1.40. The van der Waals surface area contributed by atoms with Gasteiger partial charge in [-0.15, -0.1) is 0 Å². The van der Waals surface area contributed by atoms with Crippen molar-refractivity contribution in [2.75, 3.05) is 6.54 Å². The lowest BCUT2D eigenvalue weighted by Crippen LogP contribution is -2.36.